The van der Waals surface area contributed by atoms with Crippen molar-refractivity contribution in [1.82, 2.24) is 15.0 Å². The average Bonchev–Trinajstić information content (AvgIpc) is 2.66. The van der Waals surface area contributed by atoms with Crippen LogP contribution in [0.3, 0.4) is 0 Å². The topological polar surface area (TPSA) is 78.6 Å². The SMILES string of the molecule is Cc1cc(C(=O)CSc2nccc(=O)[nH]2)c(C)[nH]1. The quantitative estimate of drug-likeness (QED) is 0.500. The molecule has 2 heterocycles. The van der Waals surface area contributed by atoms with Gasteiger partial charge in [-0.25, -0.2) is 4.98 Å². The Bertz CT molecular complexity index is 630. The highest BCUT2D eigenvalue weighted by molar-refractivity contribution is 7.99. The summed E-state index contributed by atoms with van der Waals surface area (Å²) in [6.45, 7) is 3.78. The van der Waals surface area contributed by atoms with Gasteiger partial charge < -0.3 is 9.97 Å². The maximum Gasteiger partial charge on any atom is 0.251 e. The highest BCUT2D eigenvalue weighted by Gasteiger charge is 2.12. The lowest BCUT2D eigenvalue weighted by atomic mass is 10.2. The summed E-state index contributed by atoms with van der Waals surface area (Å²) >= 11 is 1.23. The van der Waals surface area contributed by atoms with Gasteiger partial charge in [-0.1, -0.05) is 11.8 Å². The largest absolute Gasteiger partial charge is 0.362 e. The summed E-state index contributed by atoms with van der Waals surface area (Å²) in [4.78, 5) is 32.7. The van der Waals surface area contributed by atoms with Crippen LogP contribution in [0, 0.1) is 13.8 Å². The molecule has 0 amide bonds. The van der Waals surface area contributed by atoms with Crippen molar-refractivity contribution in [2.75, 3.05) is 5.75 Å². The molecule has 0 saturated carbocycles. The Hall–Kier alpha value is -1.82. The van der Waals surface area contributed by atoms with Crippen LogP contribution in [-0.2, 0) is 0 Å². The van der Waals surface area contributed by atoms with E-state index < -0.39 is 0 Å². The molecule has 0 unspecified atom stereocenters. The number of carbonyl (C=O) groups excluding carboxylic acids is 1. The van der Waals surface area contributed by atoms with E-state index in [0.29, 0.717) is 10.7 Å². The maximum atomic E-state index is 12.0. The summed E-state index contributed by atoms with van der Waals surface area (Å²) in [5, 5.41) is 0.459. The molecule has 2 aromatic rings. The highest BCUT2D eigenvalue weighted by Crippen LogP contribution is 2.16. The predicted octanol–water partition coefficient (Wildman–Crippen LogP) is 1.69. The summed E-state index contributed by atoms with van der Waals surface area (Å²) in [5.41, 5.74) is 2.31. The molecule has 0 aromatic carbocycles. The van der Waals surface area contributed by atoms with Crippen molar-refractivity contribution in [2.45, 2.75) is 19.0 Å². The molecule has 2 aromatic heterocycles. The van der Waals surface area contributed by atoms with Crippen molar-refractivity contribution in [1.29, 1.82) is 0 Å². The molecule has 0 atom stereocenters. The van der Waals surface area contributed by atoms with Gasteiger partial charge in [-0.05, 0) is 19.9 Å². The minimum atomic E-state index is -0.214. The zero-order valence-corrected chi connectivity index (χ0v) is 10.9. The highest BCUT2D eigenvalue weighted by atomic mass is 32.2. The molecule has 0 aliphatic carbocycles. The van der Waals surface area contributed by atoms with Crippen LogP contribution >= 0.6 is 11.8 Å². The van der Waals surface area contributed by atoms with Gasteiger partial charge in [0, 0.05) is 29.2 Å². The molecule has 0 fully saturated rings. The predicted molar refractivity (Wildman–Crippen MR) is 70.2 cm³/mol. The van der Waals surface area contributed by atoms with Gasteiger partial charge in [-0.15, -0.1) is 0 Å². The second kappa shape index (κ2) is 5.22. The van der Waals surface area contributed by atoms with Crippen molar-refractivity contribution in [3.8, 4) is 0 Å². The lowest BCUT2D eigenvalue weighted by molar-refractivity contribution is 0.102. The van der Waals surface area contributed by atoms with Crippen LogP contribution in [0.25, 0.3) is 0 Å². The zero-order valence-electron chi connectivity index (χ0n) is 10.1. The summed E-state index contributed by atoms with van der Waals surface area (Å²) in [7, 11) is 0. The number of aromatic nitrogens is 3. The third-order valence-electron chi connectivity index (χ3n) is 2.44. The van der Waals surface area contributed by atoms with Crippen LogP contribution in [0.4, 0.5) is 0 Å². The first-order valence-electron chi connectivity index (χ1n) is 5.44. The smallest absolute Gasteiger partial charge is 0.251 e. The third-order valence-corrected chi connectivity index (χ3v) is 3.33. The van der Waals surface area contributed by atoms with E-state index in [9.17, 15) is 9.59 Å². The van der Waals surface area contributed by atoms with Crippen molar-refractivity contribution in [2.24, 2.45) is 0 Å². The van der Waals surface area contributed by atoms with E-state index >= 15 is 0 Å². The number of nitrogens with one attached hydrogen (secondary N) is 2. The van der Waals surface area contributed by atoms with E-state index in [1.165, 1.54) is 24.0 Å². The zero-order chi connectivity index (χ0) is 13.1. The monoisotopic (exact) mass is 263 g/mol. The molecule has 5 nitrogen and oxygen atoms in total. The summed E-state index contributed by atoms with van der Waals surface area (Å²) < 4.78 is 0. The number of Topliss-reactive ketones (excluding diaryl/α,β-unsaturated/α-hetero) is 1. The molecule has 0 aliphatic rings. The number of H-pyrrole nitrogens is 2. The van der Waals surface area contributed by atoms with Gasteiger partial charge in [0.15, 0.2) is 10.9 Å². The fourth-order valence-corrected chi connectivity index (χ4v) is 2.38. The summed E-state index contributed by atoms with van der Waals surface area (Å²) in [6.07, 6.45) is 1.43. The van der Waals surface area contributed by atoms with Crippen LogP contribution in [0.2, 0.25) is 0 Å². The standard InChI is InChI=1S/C12H13N3O2S/c1-7-5-9(8(2)14-7)10(16)6-18-12-13-4-3-11(17)15-12/h3-5,14H,6H2,1-2H3,(H,13,15,17). The van der Waals surface area contributed by atoms with Gasteiger partial charge in [-0.3, -0.25) is 9.59 Å². The van der Waals surface area contributed by atoms with Crippen LogP contribution < -0.4 is 5.56 Å². The molecule has 2 rings (SSSR count). The molecule has 0 spiro atoms. The molecule has 0 bridgehead atoms. The first-order chi connectivity index (χ1) is 8.56. The maximum absolute atomic E-state index is 12.0. The number of rotatable bonds is 4. The minimum Gasteiger partial charge on any atom is -0.362 e. The molecular weight excluding hydrogens is 250 g/mol. The second-order valence-corrected chi connectivity index (χ2v) is 4.91. The lowest BCUT2D eigenvalue weighted by Crippen LogP contribution is -2.08. The molecule has 94 valence electrons. The first kappa shape index (κ1) is 12.6. The fourth-order valence-electron chi connectivity index (χ4n) is 1.65. The number of hydrogen-bond acceptors (Lipinski definition) is 4. The average molecular weight is 263 g/mol. The number of nitrogens with zero attached hydrogens (tertiary/aromatic N) is 1. The van der Waals surface area contributed by atoms with Crippen LogP contribution in [0.15, 0.2) is 28.3 Å². The van der Waals surface area contributed by atoms with Gasteiger partial charge in [0.05, 0.1) is 5.75 Å². The number of hydrogen-bond donors (Lipinski definition) is 2. The van der Waals surface area contributed by atoms with E-state index in [1.807, 2.05) is 19.9 Å². The van der Waals surface area contributed by atoms with Crippen LogP contribution in [0.1, 0.15) is 21.7 Å². The molecule has 0 radical (unpaired) electrons. The van der Waals surface area contributed by atoms with E-state index in [2.05, 4.69) is 15.0 Å². The van der Waals surface area contributed by atoms with Gasteiger partial charge in [0.2, 0.25) is 0 Å². The van der Waals surface area contributed by atoms with E-state index in [-0.39, 0.29) is 17.1 Å². The Balaban J connectivity index is 2.05. The Labute approximate surface area is 108 Å². The molecule has 0 saturated heterocycles. The number of aromatic amines is 2. The van der Waals surface area contributed by atoms with Crippen LogP contribution in [-0.4, -0.2) is 26.5 Å². The van der Waals surface area contributed by atoms with Crippen molar-refractivity contribution in [3.05, 3.63) is 45.6 Å². The van der Waals surface area contributed by atoms with Gasteiger partial charge in [0.1, 0.15) is 0 Å². The molecule has 6 heteroatoms. The Morgan fingerprint density at radius 3 is 2.78 bits per heavy atom. The lowest BCUT2D eigenvalue weighted by Gasteiger charge is -1.99. The Morgan fingerprint density at radius 1 is 1.39 bits per heavy atom. The van der Waals surface area contributed by atoms with Crippen molar-refractivity contribution >= 4 is 17.5 Å². The van der Waals surface area contributed by atoms with E-state index in [0.717, 1.165) is 11.4 Å². The Morgan fingerprint density at radius 2 is 2.17 bits per heavy atom. The van der Waals surface area contributed by atoms with Gasteiger partial charge in [-0.2, -0.15) is 0 Å². The first-order valence-corrected chi connectivity index (χ1v) is 6.42. The molecular formula is C12H13N3O2S. The van der Waals surface area contributed by atoms with Crippen molar-refractivity contribution in [3.63, 3.8) is 0 Å². The summed E-state index contributed by atoms with van der Waals surface area (Å²) in [6, 6.07) is 3.17. The Kier molecular flexibility index (Phi) is 3.66. The van der Waals surface area contributed by atoms with E-state index in [4.69, 9.17) is 0 Å². The summed E-state index contributed by atoms with van der Waals surface area (Å²) in [5.74, 6) is 0.277. The molecule has 18 heavy (non-hydrogen) atoms. The third kappa shape index (κ3) is 2.89. The van der Waals surface area contributed by atoms with Crippen molar-refractivity contribution < 1.29 is 4.79 Å². The number of ketones is 1. The normalized spacial score (nSPS) is 10.6. The second-order valence-electron chi connectivity index (χ2n) is 3.94. The number of aryl methyl sites for hydroxylation is 2. The minimum absolute atomic E-state index is 0.0216. The molecule has 0 aliphatic heterocycles. The molecule has 2 N–H and O–H groups in total. The van der Waals surface area contributed by atoms with E-state index in [1.54, 1.807) is 0 Å². The number of thioether (sulfide) groups is 1. The van der Waals surface area contributed by atoms with Gasteiger partial charge in [0.25, 0.3) is 5.56 Å². The fraction of sp³-hybridized carbons (Fsp3) is 0.250. The van der Waals surface area contributed by atoms with Crippen LogP contribution in [0.5, 0.6) is 0 Å². The van der Waals surface area contributed by atoms with Gasteiger partial charge >= 0.3 is 0 Å². The number of carbonyl (C=O) groups is 1.